The van der Waals surface area contributed by atoms with Crippen LogP contribution in [0.1, 0.15) is 34.1 Å². The lowest BCUT2D eigenvalue weighted by Gasteiger charge is -2.13. The number of rotatable bonds is 7. The van der Waals surface area contributed by atoms with E-state index < -0.39 is 5.91 Å². The van der Waals surface area contributed by atoms with Crippen molar-refractivity contribution in [3.8, 4) is 22.8 Å². The van der Waals surface area contributed by atoms with Crippen molar-refractivity contribution in [1.82, 2.24) is 15.4 Å². The number of hydrazone groups is 1. The second kappa shape index (κ2) is 9.65. The van der Waals surface area contributed by atoms with Gasteiger partial charge in [0, 0.05) is 5.56 Å². The molecule has 3 rings (SSSR count). The van der Waals surface area contributed by atoms with Gasteiger partial charge < -0.3 is 9.47 Å². The molecule has 0 aliphatic heterocycles. The first kappa shape index (κ1) is 21.0. The lowest BCUT2D eigenvalue weighted by Crippen LogP contribution is -2.19. The highest BCUT2D eigenvalue weighted by Crippen LogP contribution is 2.29. The van der Waals surface area contributed by atoms with Gasteiger partial charge in [0.05, 0.1) is 38.0 Å². The van der Waals surface area contributed by atoms with E-state index in [2.05, 4.69) is 20.5 Å². The summed E-state index contributed by atoms with van der Waals surface area (Å²) in [5, 5.41) is 4.00. The van der Waals surface area contributed by atoms with Gasteiger partial charge >= 0.3 is 0 Å². The Morgan fingerprint density at radius 2 is 1.90 bits per heavy atom. The van der Waals surface area contributed by atoms with Crippen LogP contribution < -0.4 is 14.9 Å². The lowest BCUT2D eigenvalue weighted by atomic mass is 9.99. The molecular weight excluding hydrogens is 380 g/mol. The number of amides is 1. The van der Waals surface area contributed by atoms with Crippen LogP contribution in [0.4, 0.5) is 0 Å². The Morgan fingerprint density at radius 3 is 2.60 bits per heavy atom. The molecule has 0 saturated heterocycles. The molecule has 1 heterocycles. The molecule has 0 aliphatic rings. The van der Waals surface area contributed by atoms with Gasteiger partial charge in [-0.3, -0.25) is 9.78 Å². The highest BCUT2D eigenvalue weighted by molar-refractivity contribution is 5.93. The van der Waals surface area contributed by atoms with Gasteiger partial charge in [0.1, 0.15) is 17.2 Å². The second-order valence-electron chi connectivity index (χ2n) is 6.63. The van der Waals surface area contributed by atoms with Gasteiger partial charge in [-0.25, -0.2) is 10.4 Å². The highest BCUT2D eigenvalue weighted by Gasteiger charge is 2.13. The van der Waals surface area contributed by atoms with E-state index in [0.717, 1.165) is 28.0 Å². The fraction of sp³-hybridized carbons (Fsp3) is 0.217. The van der Waals surface area contributed by atoms with Crippen molar-refractivity contribution in [3.05, 3.63) is 71.2 Å². The molecule has 1 amide bonds. The Hall–Kier alpha value is -3.74. The Kier molecular flexibility index (Phi) is 6.75. The van der Waals surface area contributed by atoms with Gasteiger partial charge in [-0.1, -0.05) is 12.1 Å². The Balaban J connectivity index is 1.78. The maximum Gasteiger partial charge on any atom is 0.291 e. The largest absolute Gasteiger partial charge is 0.497 e. The van der Waals surface area contributed by atoms with Crippen molar-refractivity contribution in [2.45, 2.75) is 20.8 Å². The van der Waals surface area contributed by atoms with Crippen LogP contribution in [0, 0.1) is 13.8 Å². The molecule has 1 aromatic heterocycles. The van der Waals surface area contributed by atoms with Crippen LogP contribution in [0.2, 0.25) is 0 Å². The number of aromatic nitrogens is 2. The lowest BCUT2D eigenvalue weighted by molar-refractivity contribution is 0.0950. The molecule has 7 heteroatoms. The Labute approximate surface area is 175 Å². The summed E-state index contributed by atoms with van der Waals surface area (Å²) in [5.74, 6) is 1.08. The average molecular weight is 404 g/mol. The zero-order valence-corrected chi connectivity index (χ0v) is 17.5. The minimum Gasteiger partial charge on any atom is -0.497 e. The number of aryl methyl sites for hydroxylation is 2. The summed E-state index contributed by atoms with van der Waals surface area (Å²) in [6.07, 6.45) is 4.60. The number of nitrogens with zero attached hydrogens (tertiary/aromatic N) is 3. The van der Waals surface area contributed by atoms with E-state index in [1.54, 1.807) is 19.5 Å². The van der Waals surface area contributed by atoms with Crippen LogP contribution in [0.3, 0.4) is 0 Å². The van der Waals surface area contributed by atoms with Gasteiger partial charge in [-0.2, -0.15) is 5.10 Å². The third-order valence-corrected chi connectivity index (χ3v) is 4.41. The van der Waals surface area contributed by atoms with Crippen LogP contribution in [0.15, 0.2) is 53.9 Å². The molecule has 0 bridgehead atoms. The van der Waals surface area contributed by atoms with Crippen molar-refractivity contribution >= 4 is 12.1 Å². The quantitative estimate of drug-likeness (QED) is 0.476. The number of ether oxygens (including phenoxy) is 2. The molecule has 0 unspecified atom stereocenters. The molecule has 30 heavy (non-hydrogen) atoms. The number of hydrogen-bond acceptors (Lipinski definition) is 6. The van der Waals surface area contributed by atoms with Crippen LogP contribution in [-0.4, -0.2) is 35.8 Å². The van der Waals surface area contributed by atoms with E-state index in [9.17, 15) is 4.79 Å². The fourth-order valence-corrected chi connectivity index (χ4v) is 3.12. The predicted molar refractivity (Wildman–Crippen MR) is 116 cm³/mol. The molecular formula is C23H24N4O3. The summed E-state index contributed by atoms with van der Waals surface area (Å²) in [4.78, 5) is 21.2. The number of methoxy groups -OCH3 is 1. The third-order valence-electron chi connectivity index (χ3n) is 4.41. The standard InChI is InChI=1S/C23H24N4O3/c1-5-30-19-9-15(2)22(16(3)10-19)20-13-24-14-21(26-20)23(28)27-25-12-17-7-6-8-18(11-17)29-4/h6-14H,5H2,1-4H3,(H,27,28)/b25-12+. The normalized spacial score (nSPS) is 10.8. The van der Waals surface area contributed by atoms with Gasteiger partial charge in [0.2, 0.25) is 0 Å². The van der Waals surface area contributed by atoms with Gasteiger partial charge in [-0.05, 0) is 61.7 Å². The average Bonchev–Trinajstić information content (AvgIpc) is 2.74. The van der Waals surface area contributed by atoms with Crippen LogP contribution in [-0.2, 0) is 0 Å². The van der Waals surface area contributed by atoms with Crippen LogP contribution in [0.5, 0.6) is 11.5 Å². The molecule has 7 nitrogen and oxygen atoms in total. The predicted octanol–water partition coefficient (Wildman–Crippen LogP) is 3.93. The fourth-order valence-electron chi connectivity index (χ4n) is 3.12. The second-order valence-corrected chi connectivity index (χ2v) is 6.63. The zero-order valence-electron chi connectivity index (χ0n) is 17.5. The molecule has 0 atom stereocenters. The summed E-state index contributed by atoms with van der Waals surface area (Å²) < 4.78 is 10.8. The molecule has 0 saturated carbocycles. The van der Waals surface area contributed by atoms with Crippen molar-refractivity contribution < 1.29 is 14.3 Å². The van der Waals surface area contributed by atoms with Crippen molar-refractivity contribution in [3.63, 3.8) is 0 Å². The summed E-state index contributed by atoms with van der Waals surface area (Å²) in [6.45, 7) is 6.52. The van der Waals surface area contributed by atoms with Gasteiger partial charge in [0.15, 0.2) is 0 Å². The number of nitrogens with one attached hydrogen (secondary N) is 1. The highest BCUT2D eigenvalue weighted by atomic mass is 16.5. The molecule has 2 aromatic carbocycles. The summed E-state index contributed by atoms with van der Waals surface area (Å²) in [6, 6.07) is 11.3. The summed E-state index contributed by atoms with van der Waals surface area (Å²) >= 11 is 0. The SMILES string of the molecule is CCOc1cc(C)c(-c2cncc(C(=O)N/N=C/c3cccc(OC)c3)n2)c(C)c1. The molecule has 3 aromatic rings. The summed E-state index contributed by atoms with van der Waals surface area (Å²) in [7, 11) is 1.59. The molecule has 0 spiro atoms. The molecule has 0 radical (unpaired) electrons. The first-order valence-corrected chi connectivity index (χ1v) is 9.55. The van der Waals surface area contributed by atoms with Crippen molar-refractivity contribution in [2.24, 2.45) is 5.10 Å². The van der Waals surface area contributed by atoms with E-state index in [1.165, 1.54) is 6.20 Å². The maximum absolute atomic E-state index is 12.5. The third kappa shape index (κ3) is 5.00. The van der Waals surface area contributed by atoms with Gasteiger partial charge in [-0.15, -0.1) is 0 Å². The van der Waals surface area contributed by atoms with E-state index in [4.69, 9.17) is 9.47 Å². The number of benzene rings is 2. The van der Waals surface area contributed by atoms with E-state index in [0.29, 0.717) is 18.1 Å². The molecule has 0 aliphatic carbocycles. The molecule has 1 N–H and O–H groups in total. The molecule has 0 fully saturated rings. The molecule has 154 valence electrons. The minimum atomic E-state index is -0.440. The van der Waals surface area contributed by atoms with E-state index in [1.807, 2.05) is 57.2 Å². The number of carbonyl (C=O) groups excluding carboxylic acids is 1. The van der Waals surface area contributed by atoms with E-state index in [-0.39, 0.29) is 5.69 Å². The van der Waals surface area contributed by atoms with Crippen molar-refractivity contribution in [2.75, 3.05) is 13.7 Å². The maximum atomic E-state index is 12.5. The van der Waals surface area contributed by atoms with E-state index >= 15 is 0 Å². The number of hydrogen-bond donors (Lipinski definition) is 1. The van der Waals surface area contributed by atoms with Gasteiger partial charge in [0.25, 0.3) is 5.91 Å². The smallest absolute Gasteiger partial charge is 0.291 e. The first-order valence-electron chi connectivity index (χ1n) is 9.55. The Morgan fingerprint density at radius 1 is 1.13 bits per heavy atom. The first-order chi connectivity index (χ1) is 14.5. The zero-order chi connectivity index (χ0) is 21.5. The Bertz CT molecular complexity index is 1060. The number of carbonyl (C=O) groups is 1. The minimum absolute atomic E-state index is 0.183. The van der Waals surface area contributed by atoms with Crippen LogP contribution >= 0.6 is 0 Å². The topological polar surface area (TPSA) is 85.7 Å². The summed E-state index contributed by atoms with van der Waals surface area (Å²) in [5.41, 5.74) is 7.03. The monoisotopic (exact) mass is 404 g/mol. The van der Waals surface area contributed by atoms with Crippen LogP contribution in [0.25, 0.3) is 11.3 Å². The van der Waals surface area contributed by atoms with Crippen molar-refractivity contribution in [1.29, 1.82) is 0 Å².